The second-order valence-electron chi connectivity index (χ2n) is 21.0. The molecule has 0 spiro atoms. The number of rotatable bonds is 9. The number of benzene rings is 10. The molecule has 0 atom stereocenters. The van der Waals surface area contributed by atoms with Crippen LogP contribution in [-0.2, 0) is 21.1 Å². The maximum absolute atomic E-state index is 5.21. The van der Waals surface area contributed by atoms with Gasteiger partial charge in [-0.1, -0.05) is 191 Å². The van der Waals surface area contributed by atoms with E-state index >= 15 is 0 Å². The van der Waals surface area contributed by atoms with Gasteiger partial charge in [0.05, 0.1) is 33.4 Å². The third kappa shape index (κ3) is 7.95. The second kappa shape index (κ2) is 20.1. The van der Waals surface area contributed by atoms with Crippen molar-refractivity contribution in [2.24, 2.45) is 0 Å². The summed E-state index contributed by atoms with van der Waals surface area (Å²) < 4.78 is 6.79. The van der Waals surface area contributed by atoms with E-state index in [0.29, 0.717) is 0 Å². The van der Waals surface area contributed by atoms with E-state index in [1.165, 1.54) is 44.0 Å². The normalized spacial score (nSPS) is 12.9. The maximum Gasteiger partial charge on any atom is 0.420 e. The molecule has 2 aliphatic heterocycles. The molecule has 2 aliphatic rings. The zero-order valence-corrected chi connectivity index (χ0v) is 47.4. The predicted octanol–water partition coefficient (Wildman–Crippen LogP) is 14.4. The number of pyridine rings is 1. The standard InChI is InChI=1S/C70H52B2N8.Pt/c1-48-23-18-24-49(2)67(48)71-77(53-29-10-6-11-30-53)63-43-42-57(80-70-65(41-22-44-73-70)78(54-31-12-7-13-32-54)72(80)68-50(3)25-19-26-51(68)4)46-66(63)79(71)56-34-20-33-55(45-56)74-47-75(62-39-17-16-38-61(62)74)64-40-21-36-59-58-35-14-15-37-60(58)76(69(59)64)52-27-8-5-9-28-52;/h5-44H,1-4H3;/q-2;. The van der Waals surface area contributed by atoms with Crippen molar-refractivity contribution in [3.8, 4) is 17.1 Å². The fourth-order valence-electron chi connectivity index (χ4n) is 12.9. The Hall–Kier alpha value is -9.36. The fourth-order valence-corrected chi connectivity index (χ4v) is 12.9. The van der Waals surface area contributed by atoms with Crippen LogP contribution in [0, 0.1) is 46.2 Å². The van der Waals surface area contributed by atoms with Gasteiger partial charge in [-0.15, -0.1) is 24.3 Å². The molecule has 0 saturated heterocycles. The van der Waals surface area contributed by atoms with Crippen LogP contribution >= 0.6 is 0 Å². The average Bonchev–Trinajstić information content (AvgIpc) is 4.02. The van der Waals surface area contributed by atoms with Gasteiger partial charge >= 0.3 is 14.0 Å². The molecule has 0 amide bonds. The summed E-state index contributed by atoms with van der Waals surface area (Å²) in [5.41, 5.74) is 21.5. The molecule has 15 rings (SSSR count). The van der Waals surface area contributed by atoms with Gasteiger partial charge < -0.3 is 28.4 Å². The van der Waals surface area contributed by atoms with E-state index in [1.807, 2.05) is 12.3 Å². The van der Waals surface area contributed by atoms with Crippen LogP contribution in [0.1, 0.15) is 22.3 Å². The molecule has 0 N–H and O–H groups in total. The van der Waals surface area contributed by atoms with E-state index in [-0.39, 0.29) is 35.0 Å². The van der Waals surface area contributed by atoms with Crippen molar-refractivity contribution in [3.63, 3.8) is 0 Å². The van der Waals surface area contributed by atoms with E-state index < -0.39 is 0 Å². The van der Waals surface area contributed by atoms with Crippen LogP contribution in [0.5, 0.6) is 0 Å². The largest absolute Gasteiger partial charge is 0.420 e. The average molecular weight is 1220 g/mol. The first-order valence-electron chi connectivity index (χ1n) is 27.4. The van der Waals surface area contributed by atoms with Crippen molar-refractivity contribution in [2.45, 2.75) is 27.7 Å². The molecule has 5 heterocycles. The second-order valence-corrected chi connectivity index (χ2v) is 21.0. The van der Waals surface area contributed by atoms with E-state index in [1.54, 1.807) is 0 Å². The van der Waals surface area contributed by atoms with Gasteiger partial charge in [-0.05, 0) is 105 Å². The Morgan fingerprint density at radius 2 is 0.938 bits per heavy atom. The smallest absolute Gasteiger partial charge is 0.415 e. The minimum atomic E-state index is -0.321. The molecule has 0 bridgehead atoms. The first-order chi connectivity index (χ1) is 39.4. The molecule has 13 aromatic rings. The number of aryl methyl sites for hydroxylation is 4. The van der Waals surface area contributed by atoms with Crippen LogP contribution in [0.4, 0.5) is 45.6 Å². The molecule has 0 fully saturated rings. The molecule has 0 unspecified atom stereocenters. The minimum absolute atomic E-state index is 0. The van der Waals surface area contributed by atoms with Gasteiger partial charge in [0.2, 0.25) is 0 Å². The molecule has 0 saturated carbocycles. The summed E-state index contributed by atoms with van der Waals surface area (Å²) in [7, 11) is 0. The quantitative estimate of drug-likeness (QED) is 0.0818. The van der Waals surface area contributed by atoms with Gasteiger partial charge in [0.1, 0.15) is 5.82 Å². The van der Waals surface area contributed by atoms with E-state index in [9.17, 15) is 0 Å². The first kappa shape index (κ1) is 49.9. The third-order valence-electron chi connectivity index (χ3n) is 16.3. The molecule has 11 heteroatoms. The third-order valence-corrected chi connectivity index (χ3v) is 16.3. The van der Waals surface area contributed by atoms with Gasteiger partial charge in [0.15, 0.2) is 0 Å². The number of fused-ring (bicyclic) bond motifs is 6. The van der Waals surface area contributed by atoms with Gasteiger partial charge in [-0.25, -0.2) is 4.98 Å². The van der Waals surface area contributed by atoms with E-state index in [0.717, 1.165) is 84.8 Å². The van der Waals surface area contributed by atoms with E-state index in [2.05, 4.69) is 310 Å². The van der Waals surface area contributed by atoms with Crippen LogP contribution in [0.15, 0.2) is 243 Å². The number of nitrogens with zero attached hydrogens (tertiary/aromatic N) is 8. The van der Waals surface area contributed by atoms with Gasteiger partial charge in [0.25, 0.3) is 6.33 Å². The predicted molar refractivity (Wildman–Crippen MR) is 330 cm³/mol. The Bertz CT molecular complexity index is 4500. The summed E-state index contributed by atoms with van der Waals surface area (Å²) in [4.78, 5) is 15.0. The number of hydrogen-bond donors (Lipinski definition) is 0. The number of hydrogen-bond acceptors (Lipinski definition) is 5. The Labute approximate surface area is 487 Å². The summed E-state index contributed by atoms with van der Waals surface area (Å²) in [6.45, 7) is 8.33. The zero-order chi connectivity index (χ0) is 53.6. The topological polar surface area (TPSA) is 39.6 Å². The van der Waals surface area contributed by atoms with Crippen molar-refractivity contribution in [2.75, 3.05) is 19.2 Å². The summed E-state index contributed by atoms with van der Waals surface area (Å²) in [5.74, 6) is 0.868. The summed E-state index contributed by atoms with van der Waals surface area (Å²) in [6.07, 6.45) is 5.81. The van der Waals surface area contributed by atoms with Crippen LogP contribution < -0.4 is 34.7 Å². The van der Waals surface area contributed by atoms with Gasteiger partial charge in [-0.3, -0.25) is 4.57 Å². The van der Waals surface area contributed by atoms with Crippen LogP contribution in [0.3, 0.4) is 0 Å². The molecule has 81 heavy (non-hydrogen) atoms. The Morgan fingerprint density at radius 1 is 0.407 bits per heavy atom. The Morgan fingerprint density at radius 3 is 1.62 bits per heavy atom. The molecular weight excluding hydrogens is 1170 g/mol. The SMILES string of the molecule is Cc1cccc(C)c1B1N(c2[c-]c(-n3[c-][n+](-c4cccc5c6ccccc6n(-c6ccccc6)c45)c4ccccc43)ccc2)c2[c-]c(N3B(c4c(C)cccc4C)N(c4ccccc4)c4cccnc43)ccc2N1c1ccccc1.[Pt]. The van der Waals surface area contributed by atoms with E-state index in [4.69, 9.17) is 4.98 Å². The van der Waals surface area contributed by atoms with Crippen molar-refractivity contribution < 1.29 is 25.6 Å². The van der Waals surface area contributed by atoms with Crippen molar-refractivity contribution >= 4 is 103 Å². The summed E-state index contributed by atoms with van der Waals surface area (Å²) in [5, 5.41) is 2.38. The van der Waals surface area contributed by atoms with Crippen LogP contribution in [-0.4, -0.2) is 28.1 Å². The number of anilines is 8. The zero-order valence-electron chi connectivity index (χ0n) is 45.1. The van der Waals surface area contributed by atoms with Gasteiger partial charge in [0, 0.05) is 55.1 Å². The molecule has 8 nitrogen and oxygen atoms in total. The Balaban J connectivity index is 0.00000589. The summed E-state index contributed by atoms with van der Waals surface area (Å²) in [6, 6.07) is 92.8. The summed E-state index contributed by atoms with van der Waals surface area (Å²) >= 11 is 0. The monoisotopic (exact) mass is 1220 g/mol. The Kier molecular flexibility index (Phi) is 12.4. The number of para-hydroxylation sites is 7. The number of imidazole rings is 1. The van der Waals surface area contributed by atoms with Crippen molar-refractivity contribution in [1.29, 1.82) is 0 Å². The van der Waals surface area contributed by atoms with Crippen molar-refractivity contribution in [3.05, 3.63) is 283 Å². The molecule has 3 aromatic heterocycles. The molecular formula is C70H52B2N8Pt-2. The molecule has 0 radical (unpaired) electrons. The maximum atomic E-state index is 5.21. The van der Waals surface area contributed by atoms with Gasteiger partial charge in [-0.2, -0.15) is 18.2 Å². The van der Waals surface area contributed by atoms with Crippen LogP contribution in [0.2, 0.25) is 0 Å². The first-order valence-corrected chi connectivity index (χ1v) is 27.4. The van der Waals surface area contributed by atoms with Crippen LogP contribution in [0.25, 0.3) is 49.9 Å². The molecule has 390 valence electrons. The molecule has 0 aliphatic carbocycles. The fraction of sp³-hybridized carbons (Fsp3) is 0.0571. The molecule has 10 aromatic carbocycles. The minimum Gasteiger partial charge on any atom is -0.415 e. The number of aromatic nitrogens is 4. The van der Waals surface area contributed by atoms with Crippen molar-refractivity contribution in [1.82, 2.24) is 14.1 Å².